The van der Waals surface area contributed by atoms with Crippen molar-refractivity contribution in [3.05, 3.63) is 47.1 Å². The van der Waals surface area contributed by atoms with Crippen LogP contribution in [0, 0.1) is 19.7 Å². The maximum absolute atomic E-state index is 12.8. The molecule has 1 fully saturated rings. The monoisotopic (exact) mass is 418 g/mol. The van der Waals surface area contributed by atoms with Crippen LogP contribution in [0.1, 0.15) is 23.4 Å². The summed E-state index contributed by atoms with van der Waals surface area (Å²) >= 11 is 0. The molecule has 1 aliphatic rings. The lowest BCUT2D eigenvalue weighted by molar-refractivity contribution is -0.131. The minimum atomic E-state index is -0.305. The number of amides is 3. The minimum absolute atomic E-state index is 0.0161. The van der Waals surface area contributed by atoms with Crippen LogP contribution in [0.3, 0.4) is 0 Å². The van der Waals surface area contributed by atoms with Crippen molar-refractivity contribution in [3.8, 4) is 5.75 Å². The van der Waals surface area contributed by atoms with Gasteiger partial charge < -0.3 is 24.4 Å². The van der Waals surface area contributed by atoms with E-state index >= 15 is 0 Å². The second-order valence-corrected chi connectivity index (χ2v) is 7.24. The molecule has 162 valence electrons. The number of nitrogens with zero attached hydrogens (tertiary/aromatic N) is 3. The first kappa shape index (κ1) is 21.6. The molecular weight excluding hydrogens is 391 g/mol. The lowest BCUT2D eigenvalue weighted by atomic mass is 10.1. The fraction of sp³-hybridized carbons (Fsp3) is 0.476. The Morgan fingerprint density at radius 3 is 2.43 bits per heavy atom. The van der Waals surface area contributed by atoms with Crippen LogP contribution in [0.15, 0.2) is 28.8 Å². The zero-order chi connectivity index (χ0) is 21.5. The zero-order valence-electron chi connectivity index (χ0n) is 17.3. The summed E-state index contributed by atoms with van der Waals surface area (Å²) in [5, 5.41) is 6.75. The maximum Gasteiger partial charge on any atom is 0.317 e. The van der Waals surface area contributed by atoms with Gasteiger partial charge in [0.2, 0.25) is 5.91 Å². The predicted molar refractivity (Wildman–Crippen MR) is 108 cm³/mol. The van der Waals surface area contributed by atoms with Crippen molar-refractivity contribution in [1.29, 1.82) is 0 Å². The molecule has 0 radical (unpaired) electrons. The van der Waals surface area contributed by atoms with Gasteiger partial charge in [-0.2, -0.15) is 0 Å². The molecule has 8 nitrogen and oxygen atoms in total. The number of halogens is 1. The van der Waals surface area contributed by atoms with E-state index in [0.29, 0.717) is 57.3 Å². The molecule has 3 rings (SSSR count). The molecule has 1 N–H and O–H groups in total. The van der Waals surface area contributed by atoms with Crippen molar-refractivity contribution < 1.29 is 23.2 Å². The van der Waals surface area contributed by atoms with Gasteiger partial charge in [0, 0.05) is 38.3 Å². The number of hydrogen-bond donors (Lipinski definition) is 1. The number of urea groups is 1. The molecule has 2 aromatic rings. The van der Waals surface area contributed by atoms with Gasteiger partial charge in [-0.15, -0.1) is 0 Å². The van der Waals surface area contributed by atoms with Gasteiger partial charge in [-0.05, 0) is 44.5 Å². The standard InChI is InChI=1S/C21H27FN4O4/c1-15-19(16(2)30-24-15)14-20(27)25-9-11-26(12-10-25)21(28)23-8-3-13-29-18-6-4-17(22)5-7-18/h4-7H,3,8-14H2,1-2H3,(H,23,28). The summed E-state index contributed by atoms with van der Waals surface area (Å²) in [4.78, 5) is 28.3. The topological polar surface area (TPSA) is 87.9 Å². The zero-order valence-corrected chi connectivity index (χ0v) is 17.3. The average molecular weight is 418 g/mol. The molecule has 0 atom stereocenters. The fourth-order valence-electron chi connectivity index (χ4n) is 3.28. The van der Waals surface area contributed by atoms with Crippen molar-refractivity contribution in [2.75, 3.05) is 39.3 Å². The van der Waals surface area contributed by atoms with Gasteiger partial charge in [0.15, 0.2) is 0 Å². The van der Waals surface area contributed by atoms with Crippen LogP contribution in [-0.2, 0) is 11.2 Å². The van der Waals surface area contributed by atoms with Gasteiger partial charge in [-0.3, -0.25) is 4.79 Å². The van der Waals surface area contributed by atoms with E-state index in [1.165, 1.54) is 12.1 Å². The maximum atomic E-state index is 12.8. The highest BCUT2D eigenvalue weighted by Crippen LogP contribution is 2.15. The Kier molecular flexibility index (Phi) is 7.26. The summed E-state index contributed by atoms with van der Waals surface area (Å²) in [7, 11) is 0. The molecule has 9 heteroatoms. The summed E-state index contributed by atoms with van der Waals surface area (Å²) in [6.45, 7) is 6.52. The number of aryl methyl sites for hydroxylation is 2. The Labute approximate surface area is 174 Å². The van der Waals surface area contributed by atoms with Crippen LogP contribution in [0.5, 0.6) is 5.75 Å². The largest absolute Gasteiger partial charge is 0.494 e. The van der Waals surface area contributed by atoms with E-state index in [1.54, 1.807) is 28.9 Å². The van der Waals surface area contributed by atoms with E-state index in [9.17, 15) is 14.0 Å². The Morgan fingerprint density at radius 2 is 1.80 bits per heavy atom. The lowest BCUT2D eigenvalue weighted by Crippen LogP contribution is -2.53. The Bertz CT molecular complexity index is 841. The van der Waals surface area contributed by atoms with Crippen LogP contribution >= 0.6 is 0 Å². The Balaban J connectivity index is 1.32. The van der Waals surface area contributed by atoms with Gasteiger partial charge in [-0.25, -0.2) is 9.18 Å². The predicted octanol–water partition coefficient (Wildman–Crippen LogP) is 2.30. The molecule has 0 spiro atoms. The molecule has 0 aliphatic carbocycles. The number of aromatic nitrogens is 1. The van der Waals surface area contributed by atoms with Crippen molar-refractivity contribution in [2.45, 2.75) is 26.7 Å². The van der Waals surface area contributed by atoms with Crippen molar-refractivity contribution in [1.82, 2.24) is 20.3 Å². The molecular formula is C21H27FN4O4. The second kappa shape index (κ2) is 10.1. The van der Waals surface area contributed by atoms with Gasteiger partial charge in [0.25, 0.3) is 0 Å². The number of benzene rings is 1. The molecule has 0 saturated carbocycles. The number of carbonyl (C=O) groups is 2. The van der Waals surface area contributed by atoms with Gasteiger partial charge in [0.05, 0.1) is 18.7 Å². The molecule has 0 unspecified atom stereocenters. The summed E-state index contributed by atoms with van der Waals surface area (Å²) in [6.07, 6.45) is 0.903. The fourth-order valence-corrected chi connectivity index (χ4v) is 3.28. The molecule has 0 bridgehead atoms. The number of ether oxygens (including phenoxy) is 1. The third kappa shape index (κ3) is 5.71. The van der Waals surface area contributed by atoms with Gasteiger partial charge in [-0.1, -0.05) is 5.16 Å². The lowest BCUT2D eigenvalue weighted by Gasteiger charge is -2.34. The van der Waals surface area contributed by atoms with Gasteiger partial charge >= 0.3 is 6.03 Å². The normalized spacial score (nSPS) is 14.0. The first-order chi connectivity index (χ1) is 14.4. The van der Waals surface area contributed by atoms with Gasteiger partial charge in [0.1, 0.15) is 17.3 Å². The molecule has 1 aliphatic heterocycles. The first-order valence-corrected chi connectivity index (χ1v) is 10.0. The molecule has 1 saturated heterocycles. The molecule has 2 heterocycles. The number of piperazine rings is 1. The van der Waals surface area contributed by atoms with Crippen molar-refractivity contribution >= 4 is 11.9 Å². The number of hydrogen-bond acceptors (Lipinski definition) is 5. The molecule has 1 aromatic heterocycles. The Morgan fingerprint density at radius 1 is 1.13 bits per heavy atom. The van der Waals surface area contributed by atoms with Crippen LogP contribution in [-0.4, -0.2) is 66.2 Å². The van der Waals surface area contributed by atoms with Crippen molar-refractivity contribution in [2.24, 2.45) is 0 Å². The number of rotatable bonds is 7. The highest BCUT2D eigenvalue weighted by Gasteiger charge is 2.25. The smallest absolute Gasteiger partial charge is 0.317 e. The summed E-state index contributed by atoms with van der Waals surface area (Å²) in [5.74, 6) is 0.977. The van der Waals surface area contributed by atoms with E-state index in [1.807, 2.05) is 6.92 Å². The summed E-state index contributed by atoms with van der Waals surface area (Å²) < 4.78 is 23.5. The van der Waals surface area contributed by atoms with E-state index in [4.69, 9.17) is 9.26 Å². The van der Waals surface area contributed by atoms with E-state index < -0.39 is 0 Å². The third-order valence-electron chi connectivity index (χ3n) is 5.11. The molecule has 3 amide bonds. The molecule has 1 aromatic carbocycles. The van der Waals surface area contributed by atoms with Crippen LogP contribution in [0.25, 0.3) is 0 Å². The quantitative estimate of drug-likeness (QED) is 0.697. The minimum Gasteiger partial charge on any atom is -0.494 e. The highest BCUT2D eigenvalue weighted by atomic mass is 19.1. The summed E-state index contributed by atoms with van der Waals surface area (Å²) in [5.41, 5.74) is 1.57. The third-order valence-corrected chi connectivity index (χ3v) is 5.11. The van der Waals surface area contributed by atoms with E-state index in [2.05, 4.69) is 10.5 Å². The van der Waals surface area contributed by atoms with Crippen LogP contribution in [0.4, 0.5) is 9.18 Å². The van der Waals surface area contributed by atoms with Crippen molar-refractivity contribution in [3.63, 3.8) is 0 Å². The molecule has 30 heavy (non-hydrogen) atoms. The van der Waals surface area contributed by atoms with Crippen LogP contribution in [0.2, 0.25) is 0 Å². The van der Waals surface area contributed by atoms with E-state index in [0.717, 1.165) is 11.3 Å². The highest BCUT2D eigenvalue weighted by molar-refractivity contribution is 5.80. The van der Waals surface area contributed by atoms with Crippen LogP contribution < -0.4 is 10.1 Å². The first-order valence-electron chi connectivity index (χ1n) is 10.0. The Hall–Kier alpha value is -3.10. The average Bonchev–Trinajstić information content (AvgIpc) is 3.06. The number of carbonyl (C=O) groups excluding carboxylic acids is 2. The number of nitrogens with one attached hydrogen (secondary N) is 1. The summed E-state index contributed by atoms with van der Waals surface area (Å²) in [6, 6.07) is 5.68. The second-order valence-electron chi connectivity index (χ2n) is 7.24. The van der Waals surface area contributed by atoms with E-state index in [-0.39, 0.29) is 24.2 Å². The SMILES string of the molecule is Cc1noc(C)c1CC(=O)N1CCN(C(=O)NCCCOc2ccc(F)cc2)CC1.